The second-order valence-corrected chi connectivity index (χ2v) is 7.40. The van der Waals surface area contributed by atoms with E-state index in [1.807, 2.05) is 12.1 Å². The molecule has 1 nitrogen and oxygen atoms in total. The van der Waals surface area contributed by atoms with E-state index in [9.17, 15) is 4.39 Å². The van der Waals surface area contributed by atoms with Crippen molar-refractivity contribution in [2.75, 3.05) is 19.6 Å². The Morgan fingerprint density at radius 2 is 1.67 bits per heavy atom. The second kappa shape index (κ2) is 7.06. The lowest BCUT2D eigenvalue weighted by Gasteiger charge is -2.35. The van der Waals surface area contributed by atoms with Crippen LogP contribution in [0.15, 0.2) is 48.5 Å². The van der Waals surface area contributed by atoms with Gasteiger partial charge in [-0.15, -0.1) is 0 Å². The van der Waals surface area contributed by atoms with Gasteiger partial charge in [-0.1, -0.05) is 36.4 Å². The van der Waals surface area contributed by atoms with Gasteiger partial charge in [-0.2, -0.15) is 0 Å². The predicted molar refractivity (Wildman–Crippen MR) is 96.8 cm³/mol. The van der Waals surface area contributed by atoms with E-state index in [1.165, 1.54) is 44.3 Å². The Morgan fingerprint density at radius 3 is 2.46 bits per heavy atom. The lowest BCUT2D eigenvalue weighted by Crippen LogP contribution is -2.36. The van der Waals surface area contributed by atoms with Gasteiger partial charge in [0.1, 0.15) is 5.82 Å². The van der Waals surface area contributed by atoms with Gasteiger partial charge in [-0.05, 0) is 85.9 Å². The Balaban J connectivity index is 1.29. The Kier molecular flexibility index (Phi) is 4.66. The molecule has 0 spiro atoms. The third-order valence-electron chi connectivity index (χ3n) is 6.01. The average Bonchev–Trinajstić information content (AvgIpc) is 3.06. The molecule has 0 radical (unpaired) electrons. The summed E-state index contributed by atoms with van der Waals surface area (Å²) >= 11 is 0. The van der Waals surface area contributed by atoms with E-state index in [1.54, 1.807) is 23.3 Å². The molecule has 2 aliphatic rings. The van der Waals surface area contributed by atoms with Gasteiger partial charge >= 0.3 is 0 Å². The molecule has 2 aromatic carbocycles. The minimum Gasteiger partial charge on any atom is -0.303 e. The Labute approximate surface area is 144 Å². The summed E-state index contributed by atoms with van der Waals surface area (Å²) < 4.78 is 13.0. The van der Waals surface area contributed by atoms with Crippen molar-refractivity contribution in [2.45, 2.75) is 38.0 Å². The lowest BCUT2D eigenvalue weighted by molar-refractivity contribution is 0.169. The van der Waals surface area contributed by atoms with Crippen molar-refractivity contribution in [3.05, 3.63) is 71.0 Å². The number of hydrogen-bond donors (Lipinski definition) is 0. The molecule has 0 aromatic heterocycles. The molecule has 1 unspecified atom stereocenters. The number of aryl methyl sites for hydroxylation is 1. The van der Waals surface area contributed by atoms with Gasteiger partial charge in [0.05, 0.1) is 0 Å². The van der Waals surface area contributed by atoms with Gasteiger partial charge in [-0.3, -0.25) is 0 Å². The molecule has 1 aliphatic heterocycles. The van der Waals surface area contributed by atoms with Crippen LogP contribution in [0.2, 0.25) is 0 Å². The quantitative estimate of drug-likeness (QED) is 0.780. The van der Waals surface area contributed by atoms with E-state index in [4.69, 9.17) is 0 Å². The third kappa shape index (κ3) is 3.39. The van der Waals surface area contributed by atoms with Crippen LogP contribution < -0.4 is 0 Å². The number of hydrogen-bond acceptors (Lipinski definition) is 1. The second-order valence-electron chi connectivity index (χ2n) is 7.40. The predicted octanol–water partition coefficient (Wildman–Crippen LogP) is 4.81. The van der Waals surface area contributed by atoms with Crippen LogP contribution in [0.5, 0.6) is 0 Å². The Bertz CT molecular complexity index is 671. The molecule has 0 saturated carbocycles. The van der Waals surface area contributed by atoms with Crippen LogP contribution >= 0.6 is 0 Å². The number of halogens is 1. The maximum Gasteiger partial charge on any atom is 0.123 e. The molecule has 1 saturated heterocycles. The molecule has 2 aromatic rings. The summed E-state index contributed by atoms with van der Waals surface area (Å²) in [4.78, 5) is 2.58. The van der Waals surface area contributed by atoms with Gasteiger partial charge in [-0.25, -0.2) is 4.39 Å². The van der Waals surface area contributed by atoms with E-state index in [2.05, 4.69) is 29.2 Å². The monoisotopic (exact) mass is 323 g/mol. The number of likely N-dealkylation sites (tertiary alicyclic amines) is 1. The Hall–Kier alpha value is -1.67. The van der Waals surface area contributed by atoms with Crippen molar-refractivity contribution in [1.82, 2.24) is 4.90 Å². The molecule has 0 bridgehead atoms. The highest BCUT2D eigenvalue weighted by Crippen LogP contribution is 2.42. The highest BCUT2D eigenvalue weighted by atomic mass is 19.1. The van der Waals surface area contributed by atoms with Gasteiger partial charge in [0.15, 0.2) is 0 Å². The van der Waals surface area contributed by atoms with Crippen LogP contribution in [0.1, 0.15) is 41.9 Å². The van der Waals surface area contributed by atoms with Crippen molar-refractivity contribution in [3.8, 4) is 0 Å². The summed E-state index contributed by atoms with van der Waals surface area (Å²) in [7, 11) is 0. The van der Waals surface area contributed by atoms with E-state index in [0.29, 0.717) is 0 Å². The van der Waals surface area contributed by atoms with Crippen LogP contribution in [0.25, 0.3) is 0 Å². The molecule has 1 fully saturated rings. The highest BCUT2D eigenvalue weighted by Gasteiger charge is 2.31. The molecular weight excluding hydrogens is 297 g/mol. The fourth-order valence-corrected chi connectivity index (χ4v) is 4.60. The zero-order valence-corrected chi connectivity index (χ0v) is 14.3. The fourth-order valence-electron chi connectivity index (χ4n) is 4.60. The summed E-state index contributed by atoms with van der Waals surface area (Å²) in [5.74, 6) is 1.51. The van der Waals surface area contributed by atoms with E-state index >= 15 is 0 Å². The van der Waals surface area contributed by atoms with Crippen LogP contribution in [0.3, 0.4) is 0 Å². The number of fused-ring (bicyclic) bond motifs is 1. The van der Waals surface area contributed by atoms with Crippen molar-refractivity contribution in [2.24, 2.45) is 5.92 Å². The third-order valence-corrected chi connectivity index (χ3v) is 6.01. The molecule has 0 N–H and O–H groups in total. The average molecular weight is 323 g/mol. The molecule has 2 heteroatoms. The number of rotatable bonds is 4. The summed E-state index contributed by atoms with van der Waals surface area (Å²) in [6, 6.07) is 16.0. The fraction of sp³-hybridized carbons (Fsp3) is 0.455. The summed E-state index contributed by atoms with van der Waals surface area (Å²) in [5, 5.41) is 0. The van der Waals surface area contributed by atoms with Crippen molar-refractivity contribution in [1.29, 1.82) is 0 Å². The zero-order chi connectivity index (χ0) is 16.4. The van der Waals surface area contributed by atoms with Crippen LogP contribution in [0.4, 0.5) is 4.39 Å². The van der Waals surface area contributed by atoms with Gasteiger partial charge in [0.2, 0.25) is 0 Å². The number of nitrogens with zero attached hydrogens (tertiary/aromatic N) is 1. The minimum absolute atomic E-state index is 0.142. The molecule has 1 atom stereocenters. The summed E-state index contributed by atoms with van der Waals surface area (Å²) in [5.41, 5.74) is 4.45. The molecule has 4 rings (SSSR count). The molecule has 126 valence electrons. The standard InChI is InChI=1S/C22H26FN/c23-20-8-5-17(6-9-20)11-14-24-15-12-19(13-16-24)22-10-7-18-3-1-2-4-21(18)22/h1-6,8-9,19,22H,7,10-16H2. The molecule has 24 heavy (non-hydrogen) atoms. The SMILES string of the molecule is Fc1ccc(CCN2CCC(C3CCc4ccccc43)CC2)cc1. The highest BCUT2D eigenvalue weighted by molar-refractivity contribution is 5.35. The smallest absolute Gasteiger partial charge is 0.123 e. The van der Waals surface area contributed by atoms with Crippen molar-refractivity contribution >= 4 is 0 Å². The molecular formula is C22H26FN. The van der Waals surface area contributed by atoms with Crippen molar-refractivity contribution < 1.29 is 4.39 Å². The normalized spacial score (nSPS) is 21.8. The van der Waals surface area contributed by atoms with E-state index < -0.39 is 0 Å². The first-order valence-electron chi connectivity index (χ1n) is 9.34. The van der Waals surface area contributed by atoms with Gasteiger partial charge in [0, 0.05) is 6.54 Å². The topological polar surface area (TPSA) is 3.24 Å². The zero-order valence-electron chi connectivity index (χ0n) is 14.3. The first kappa shape index (κ1) is 15.8. The molecule has 1 heterocycles. The van der Waals surface area contributed by atoms with E-state index in [0.717, 1.165) is 24.8 Å². The molecule has 1 aliphatic carbocycles. The summed E-state index contributed by atoms with van der Waals surface area (Å²) in [6.45, 7) is 3.52. The van der Waals surface area contributed by atoms with Crippen LogP contribution in [-0.4, -0.2) is 24.5 Å². The first-order chi connectivity index (χ1) is 11.8. The van der Waals surface area contributed by atoms with Crippen LogP contribution in [-0.2, 0) is 12.8 Å². The number of benzene rings is 2. The Morgan fingerprint density at radius 1 is 0.917 bits per heavy atom. The largest absolute Gasteiger partial charge is 0.303 e. The van der Waals surface area contributed by atoms with Gasteiger partial charge in [0.25, 0.3) is 0 Å². The van der Waals surface area contributed by atoms with Crippen molar-refractivity contribution in [3.63, 3.8) is 0 Å². The molecule has 0 amide bonds. The van der Waals surface area contributed by atoms with Gasteiger partial charge < -0.3 is 4.90 Å². The maximum absolute atomic E-state index is 13.0. The first-order valence-corrected chi connectivity index (χ1v) is 9.34. The summed E-state index contributed by atoms with van der Waals surface area (Å²) in [6.07, 6.45) is 6.28. The lowest BCUT2D eigenvalue weighted by atomic mass is 9.81. The maximum atomic E-state index is 13.0. The minimum atomic E-state index is -0.142. The van der Waals surface area contributed by atoms with E-state index in [-0.39, 0.29) is 5.82 Å². The van der Waals surface area contributed by atoms with Crippen LogP contribution in [0, 0.1) is 11.7 Å². The number of piperidine rings is 1.